The first-order valence-corrected chi connectivity index (χ1v) is 3.30. The number of rotatable bonds is 2. The minimum Gasteiger partial charge on any atom is -0.497 e. The Hall–Kier alpha value is -1.09. The summed E-state index contributed by atoms with van der Waals surface area (Å²) in [7, 11) is 1.54. The maximum Gasteiger partial charge on any atom is 0.127 e. The average Bonchev–Trinajstić information content (AvgIpc) is 2.05. The molecule has 0 radical (unpaired) electrons. The number of nitrogens with two attached hydrogens (primary N) is 1. The Bertz CT molecular complexity index is 250. The molecule has 11 heavy (non-hydrogen) atoms. The summed E-state index contributed by atoms with van der Waals surface area (Å²) < 4.78 is 17.7. The molecule has 0 aliphatic heterocycles. The number of benzene rings is 1. The number of halogens is 1. The molecule has 2 nitrogen and oxygen atoms in total. The number of ether oxygens (including phenoxy) is 1. The van der Waals surface area contributed by atoms with Gasteiger partial charge in [-0.1, -0.05) is 0 Å². The standard InChI is InChI=1S/C8H10FNO/c1-11-7-2-3-8(9)6(4-7)5-10/h2-4H,5,10H2,1H3. The van der Waals surface area contributed by atoms with Crippen LogP contribution in [0.3, 0.4) is 0 Å². The maximum atomic E-state index is 12.8. The summed E-state index contributed by atoms with van der Waals surface area (Å²) in [5.74, 6) is 0.347. The quantitative estimate of drug-likeness (QED) is 0.698. The van der Waals surface area contributed by atoms with Gasteiger partial charge in [0.2, 0.25) is 0 Å². The van der Waals surface area contributed by atoms with E-state index in [9.17, 15) is 4.39 Å². The van der Waals surface area contributed by atoms with Crippen LogP contribution in [0.4, 0.5) is 4.39 Å². The van der Waals surface area contributed by atoms with Gasteiger partial charge in [0.25, 0.3) is 0 Å². The molecule has 0 bridgehead atoms. The summed E-state index contributed by atoms with van der Waals surface area (Å²) in [6, 6.07) is 4.50. The second-order valence-corrected chi connectivity index (χ2v) is 2.16. The lowest BCUT2D eigenvalue weighted by Crippen LogP contribution is -1.99. The summed E-state index contributed by atoms with van der Waals surface area (Å²) in [4.78, 5) is 0. The van der Waals surface area contributed by atoms with Gasteiger partial charge >= 0.3 is 0 Å². The van der Waals surface area contributed by atoms with Crippen LogP contribution in [0, 0.1) is 5.82 Å². The first kappa shape index (κ1) is 8.01. The smallest absolute Gasteiger partial charge is 0.127 e. The fourth-order valence-corrected chi connectivity index (χ4v) is 0.835. The van der Waals surface area contributed by atoms with Gasteiger partial charge in [0.1, 0.15) is 11.6 Å². The molecule has 0 heterocycles. The monoisotopic (exact) mass is 155 g/mol. The Morgan fingerprint density at radius 1 is 1.55 bits per heavy atom. The third-order valence-electron chi connectivity index (χ3n) is 1.47. The second-order valence-electron chi connectivity index (χ2n) is 2.16. The summed E-state index contributed by atoms with van der Waals surface area (Å²) >= 11 is 0. The van der Waals surface area contributed by atoms with Crippen molar-refractivity contribution in [2.24, 2.45) is 5.73 Å². The molecule has 0 aliphatic carbocycles. The molecule has 0 aromatic heterocycles. The van der Waals surface area contributed by atoms with E-state index in [4.69, 9.17) is 10.5 Å². The van der Waals surface area contributed by atoms with E-state index in [2.05, 4.69) is 0 Å². The van der Waals surface area contributed by atoms with E-state index in [1.165, 1.54) is 13.2 Å². The van der Waals surface area contributed by atoms with E-state index in [-0.39, 0.29) is 12.4 Å². The third-order valence-corrected chi connectivity index (χ3v) is 1.47. The van der Waals surface area contributed by atoms with E-state index in [0.29, 0.717) is 11.3 Å². The van der Waals surface area contributed by atoms with Crippen molar-refractivity contribution >= 4 is 0 Å². The van der Waals surface area contributed by atoms with Gasteiger partial charge in [-0.2, -0.15) is 0 Å². The van der Waals surface area contributed by atoms with Crippen molar-refractivity contribution in [1.82, 2.24) is 0 Å². The average molecular weight is 155 g/mol. The fraction of sp³-hybridized carbons (Fsp3) is 0.250. The highest BCUT2D eigenvalue weighted by Gasteiger charge is 2.00. The molecule has 1 aromatic rings. The highest BCUT2D eigenvalue weighted by Crippen LogP contribution is 2.15. The molecule has 0 fully saturated rings. The predicted molar refractivity (Wildman–Crippen MR) is 40.8 cm³/mol. The van der Waals surface area contributed by atoms with Crippen molar-refractivity contribution in [1.29, 1.82) is 0 Å². The second kappa shape index (κ2) is 3.34. The molecule has 0 spiro atoms. The van der Waals surface area contributed by atoms with Crippen molar-refractivity contribution in [3.8, 4) is 5.75 Å². The van der Waals surface area contributed by atoms with Crippen LogP contribution < -0.4 is 10.5 Å². The zero-order chi connectivity index (χ0) is 8.27. The van der Waals surface area contributed by atoms with Gasteiger partial charge in [0.05, 0.1) is 7.11 Å². The molecular formula is C8H10FNO. The van der Waals surface area contributed by atoms with Crippen LogP contribution in [0.2, 0.25) is 0 Å². The van der Waals surface area contributed by atoms with Crippen molar-refractivity contribution in [3.05, 3.63) is 29.6 Å². The number of methoxy groups -OCH3 is 1. The zero-order valence-corrected chi connectivity index (χ0v) is 6.30. The normalized spacial score (nSPS) is 9.73. The van der Waals surface area contributed by atoms with E-state index in [1.54, 1.807) is 12.1 Å². The summed E-state index contributed by atoms with van der Waals surface area (Å²) in [5, 5.41) is 0. The first-order valence-electron chi connectivity index (χ1n) is 3.30. The first-order chi connectivity index (χ1) is 5.27. The lowest BCUT2D eigenvalue weighted by Gasteiger charge is -2.02. The molecule has 0 saturated carbocycles. The minimum atomic E-state index is -0.284. The van der Waals surface area contributed by atoms with Gasteiger partial charge in [0, 0.05) is 12.1 Å². The Balaban J connectivity index is 3.02. The van der Waals surface area contributed by atoms with Gasteiger partial charge in [-0.15, -0.1) is 0 Å². The lowest BCUT2D eigenvalue weighted by molar-refractivity contribution is 0.412. The number of hydrogen-bond donors (Lipinski definition) is 1. The Morgan fingerprint density at radius 2 is 2.27 bits per heavy atom. The molecule has 0 saturated heterocycles. The Morgan fingerprint density at radius 3 is 2.82 bits per heavy atom. The Labute approximate surface area is 64.8 Å². The molecule has 1 rings (SSSR count). The van der Waals surface area contributed by atoms with Crippen molar-refractivity contribution in [2.75, 3.05) is 7.11 Å². The minimum absolute atomic E-state index is 0.197. The van der Waals surface area contributed by atoms with E-state index < -0.39 is 0 Å². The zero-order valence-electron chi connectivity index (χ0n) is 6.30. The lowest BCUT2D eigenvalue weighted by atomic mass is 10.2. The van der Waals surface area contributed by atoms with Crippen molar-refractivity contribution < 1.29 is 9.13 Å². The van der Waals surface area contributed by atoms with Crippen LogP contribution in [-0.2, 0) is 6.54 Å². The largest absolute Gasteiger partial charge is 0.497 e. The molecule has 0 aliphatic rings. The molecular weight excluding hydrogens is 145 g/mol. The highest BCUT2D eigenvalue weighted by molar-refractivity contribution is 5.29. The predicted octanol–water partition coefficient (Wildman–Crippen LogP) is 1.29. The van der Waals surface area contributed by atoms with Crippen molar-refractivity contribution in [2.45, 2.75) is 6.54 Å². The molecule has 0 atom stereocenters. The van der Waals surface area contributed by atoms with Crippen LogP contribution >= 0.6 is 0 Å². The molecule has 3 heteroatoms. The molecule has 2 N–H and O–H groups in total. The fourth-order valence-electron chi connectivity index (χ4n) is 0.835. The Kier molecular flexibility index (Phi) is 2.44. The number of hydrogen-bond acceptors (Lipinski definition) is 2. The molecule has 60 valence electrons. The molecule has 1 aromatic carbocycles. The highest BCUT2D eigenvalue weighted by atomic mass is 19.1. The third kappa shape index (κ3) is 1.68. The van der Waals surface area contributed by atoms with Gasteiger partial charge in [-0.25, -0.2) is 4.39 Å². The van der Waals surface area contributed by atoms with Gasteiger partial charge in [-0.3, -0.25) is 0 Å². The van der Waals surface area contributed by atoms with E-state index in [1.807, 2.05) is 0 Å². The molecule has 0 amide bonds. The van der Waals surface area contributed by atoms with Crippen LogP contribution in [0.1, 0.15) is 5.56 Å². The summed E-state index contributed by atoms with van der Waals surface area (Å²) in [5.41, 5.74) is 5.75. The molecule has 0 unspecified atom stereocenters. The summed E-state index contributed by atoms with van der Waals surface area (Å²) in [6.07, 6.45) is 0. The van der Waals surface area contributed by atoms with E-state index >= 15 is 0 Å². The van der Waals surface area contributed by atoms with Crippen LogP contribution in [0.15, 0.2) is 18.2 Å². The van der Waals surface area contributed by atoms with Crippen LogP contribution in [-0.4, -0.2) is 7.11 Å². The SMILES string of the molecule is COc1ccc(F)c(CN)c1. The van der Waals surface area contributed by atoms with E-state index in [0.717, 1.165) is 0 Å². The van der Waals surface area contributed by atoms with Gasteiger partial charge in [0.15, 0.2) is 0 Å². The van der Waals surface area contributed by atoms with Crippen molar-refractivity contribution in [3.63, 3.8) is 0 Å². The van der Waals surface area contributed by atoms with Gasteiger partial charge < -0.3 is 10.5 Å². The van der Waals surface area contributed by atoms with Crippen LogP contribution in [0.5, 0.6) is 5.75 Å². The van der Waals surface area contributed by atoms with Crippen LogP contribution in [0.25, 0.3) is 0 Å². The maximum absolute atomic E-state index is 12.8. The van der Waals surface area contributed by atoms with Gasteiger partial charge in [-0.05, 0) is 18.2 Å². The topological polar surface area (TPSA) is 35.2 Å². The summed E-state index contributed by atoms with van der Waals surface area (Å²) in [6.45, 7) is 0.197.